The minimum absolute atomic E-state index is 0.105. The van der Waals surface area contributed by atoms with Crippen LogP contribution >= 0.6 is 0 Å². The van der Waals surface area contributed by atoms with E-state index in [1.54, 1.807) is 24.3 Å². The summed E-state index contributed by atoms with van der Waals surface area (Å²) in [6.45, 7) is 3.24. The smallest absolute Gasteiger partial charge is 0.282 e. The van der Waals surface area contributed by atoms with Crippen LogP contribution in [0, 0.1) is 0 Å². The molecular formula is C15H16N2O3. The summed E-state index contributed by atoms with van der Waals surface area (Å²) in [5.74, 6) is -1.18. The van der Waals surface area contributed by atoms with Crippen molar-refractivity contribution in [1.29, 1.82) is 0 Å². The van der Waals surface area contributed by atoms with Crippen molar-refractivity contribution in [2.75, 3.05) is 4.90 Å². The number of nitrogens with zero attached hydrogens (tertiary/aromatic N) is 1. The zero-order chi connectivity index (χ0) is 14.7. The topological polar surface area (TPSA) is 66.5 Å². The van der Waals surface area contributed by atoms with E-state index in [-0.39, 0.29) is 17.5 Å². The standard InChI is InChI=1S/C15H16N2O3/c1-3-7-12-13(16-10(2)18)15(20)17(14(12)19)11-8-5-4-6-9-11/h4-6,8-9H,3,7H2,1-2H3,(H,16,18). The zero-order valence-electron chi connectivity index (χ0n) is 11.5. The van der Waals surface area contributed by atoms with E-state index < -0.39 is 5.91 Å². The third-order valence-electron chi connectivity index (χ3n) is 3.00. The van der Waals surface area contributed by atoms with Gasteiger partial charge < -0.3 is 5.32 Å². The summed E-state index contributed by atoms with van der Waals surface area (Å²) in [7, 11) is 0. The molecule has 5 nitrogen and oxygen atoms in total. The average molecular weight is 272 g/mol. The number of hydrogen-bond donors (Lipinski definition) is 1. The molecule has 0 fully saturated rings. The molecule has 0 aliphatic carbocycles. The molecule has 1 N–H and O–H groups in total. The van der Waals surface area contributed by atoms with E-state index in [2.05, 4.69) is 5.32 Å². The van der Waals surface area contributed by atoms with Gasteiger partial charge in [0.25, 0.3) is 11.8 Å². The normalized spacial score (nSPS) is 15.0. The van der Waals surface area contributed by atoms with Crippen LogP contribution in [0.15, 0.2) is 41.6 Å². The predicted octanol–water partition coefficient (Wildman–Crippen LogP) is 1.75. The van der Waals surface area contributed by atoms with Gasteiger partial charge in [-0.3, -0.25) is 14.4 Å². The Morgan fingerprint density at radius 2 is 1.80 bits per heavy atom. The summed E-state index contributed by atoms with van der Waals surface area (Å²) >= 11 is 0. The fourth-order valence-corrected chi connectivity index (χ4v) is 2.17. The van der Waals surface area contributed by atoms with Crippen LogP contribution in [0.5, 0.6) is 0 Å². The highest BCUT2D eigenvalue weighted by Gasteiger charge is 2.39. The molecule has 0 aromatic heterocycles. The van der Waals surface area contributed by atoms with Crippen molar-refractivity contribution in [2.45, 2.75) is 26.7 Å². The largest absolute Gasteiger partial charge is 0.321 e. The molecule has 2 rings (SSSR count). The van der Waals surface area contributed by atoms with Crippen LogP contribution < -0.4 is 10.2 Å². The number of anilines is 1. The monoisotopic (exact) mass is 272 g/mol. The Hall–Kier alpha value is -2.43. The van der Waals surface area contributed by atoms with Crippen molar-refractivity contribution in [3.8, 4) is 0 Å². The summed E-state index contributed by atoms with van der Waals surface area (Å²) in [6.07, 6.45) is 1.18. The second-order valence-corrected chi connectivity index (χ2v) is 4.57. The lowest BCUT2D eigenvalue weighted by Gasteiger charge is -2.14. The number of rotatable bonds is 4. The Bertz CT molecular complexity index is 590. The van der Waals surface area contributed by atoms with Gasteiger partial charge in [0, 0.05) is 12.5 Å². The Kier molecular flexibility index (Phi) is 3.98. The Labute approximate surface area is 117 Å². The summed E-state index contributed by atoms with van der Waals surface area (Å²) in [6, 6.07) is 8.70. The predicted molar refractivity (Wildman–Crippen MR) is 74.7 cm³/mol. The van der Waals surface area contributed by atoms with Gasteiger partial charge in [0.15, 0.2) is 0 Å². The number of imide groups is 1. The van der Waals surface area contributed by atoms with Crippen LogP contribution in [-0.4, -0.2) is 17.7 Å². The molecule has 0 spiro atoms. The Balaban J connectivity index is 2.41. The number of carbonyl (C=O) groups is 3. The highest BCUT2D eigenvalue weighted by molar-refractivity contribution is 6.33. The second-order valence-electron chi connectivity index (χ2n) is 4.57. The first-order valence-electron chi connectivity index (χ1n) is 6.50. The number of nitrogens with one attached hydrogen (secondary N) is 1. The first-order valence-corrected chi connectivity index (χ1v) is 6.50. The van der Waals surface area contributed by atoms with Gasteiger partial charge in [-0.15, -0.1) is 0 Å². The maximum absolute atomic E-state index is 12.4. The van der Waals surface area contributed by atoms with Crippen molar-refractivity contribution < 1.29 is 14.4 Å². The molecule has 0 saturated heterocycles. The lowest BCUT2D eigenvalue weighted by atomic mass is 10.1. The maximum atomic E-state index is 12.4. The van der Waals surface area contributed by atoms with Crippen molar-refractivity contribution in [2.24, 2.45) is 0 Å². The average Bonchev–Trinajstić information content (AvgIpc) is 2.64. The van der Waals surface area contributed by atoms with Gasteiger partial charge in [-0.2, -0.15) is 0 Å². The van der Waals surface area contributed by atoms with Crippen LogP contribution in [0.25, 0.3) is 0 Å². The first kappa shape index (κ1) is 14.0. The molecule has 1 aromatic carbocycles. The second kappa shape index (κ2) is 5.69. The van der Waals surface area contributed by atoms with Crippen molar-refractivity contribution in [3.05, 3.63) is 41.6 Å². The molecule has 1 aromatic rings. The molecule has 104 valence electrons. The fourth-order valence-electron chi connectivity index (χ4n) is 2.17. The van der Waals surface area contributed by atoms with Gasteiger partial charge in [0.2, 0.25) is 5.91 Å². The van der Waals surface area contributed by atoms with Crippen molar-refractivity contribution in [3.63, 3.8) is 0 Å². The van der Waals surface area contributed by atoms with E-state index in [0.29, 0.717) is 17.7 Å². The highest BCUT2D eigenvalue weighted by Crippen LogP contribution is 2.28. The summed E-state index contributed by atoms with van der Waals surface area (Å²) < 4.78 is 0. The van der Waals surface area contributed by atoms with Crippen molar-refractivity contribution >= 4 is 23.4 Å². The van der Waals surface area contributed by atoms with E-state index >= 15 is 0 Å². The van der Waals surface area contributed by atoms with Crippen LogP contribution in [-0.2, 0) is 14.4 Å². The van der Waals surface area contributed by atoms with Gasteiger partial charge in [0.05, 0.1) is 5.69 Å². The zero-order valence-corrected chi connectivity index (χ0v) is 11.5. The van der Waals surface area contributed by atoms with Gasteiger partial charge in [-0.1, -0.05) is 31.5 Å². The third kappa shape index (κ3) is 2.47. The molecule has 1 aliphatic heterocycles. The molecule has 0 bridgehead atoms. The van der Waals surface area contributed by atoms with Gasteiger partial charge in [-0.05, 0) is 18.6 Å². The molecule has 0 unspecified atom stereocenters. The molecule has 5 heteroatoms. The van der Waals surface area contributed by atoms with Crippen LogP contribution in [0.2, 0.25) is 0 Å². The lowest BCUT2D eigenvalue weighted by molar-refractivity contribution is -0.123. The lowest BCUT2D eigenvalue weighted by Crippen LogP contribution is -2.34. The molecule has 0 atom stereocenters. The minimum Gasteiger partial charge on any atom is -0.321 e. The van der Waals surface area contributed by atoms with E-state index in [0.717, 1.165) is 11.3 Å². The molecular weight excluding hydrogens is 256 g/mol. The summed E-state index contributed by atoms with van der Waals surface area (Å²) in [5.41, 5.74) is 0.987. The van der Waals surface area contributed by atoms with Crippen LogP contribution in [0.3, 0.4) is 0 Å². The van der Waals surface area contributed by atoms with E-state index in [4.69, 9.17) is 0 Å². The van der Waals surface area contributed by atoms with E-state index in [1.807, 2.05) is 13.0 Å². The Morgan fingerprint density at radius 3 is 2.35 bits per heavy atom. The molecule has 0 radical (unpaired) electrons. The van der Waals surface area contributed by atoms with Gasteiger partial charge in [-0.25, -0.2) is 4.90 Å². The minimum atomic E-state index is -0.472. The number of benzene rings is 1. The quantitative estimate of drug-likeness (QED) is 0.849. The first-order chi connectivity index (χ1) is 9.56. The SMILES string of the molecule is CCCC1=C(NC(C)=O)C(=O)N(c2ccccc2)C1=O. The maximum Gasteiger partial charge on any atom is 0.282 e. The van der Waals surface area contributed by atoms with Crippen LogP contribution in [0.1, 0.15) is 26.7 Å². The number of para-hydroxylation sites is 1. The Morgan fingerprint density at radius 1 is 1.15 bits per heavy atom. The van der Waals surface area contributed by atoms with Gasteiger partial charge in [0.1, 0.15) is 5.70 Å². The van der Waals surface area contributed by atoms with E-state index in [9.17, 15) is 14.4 Å². The van der Waals surface area contributed by atoms with Crippen molar-refractivity contribution in [1.82, 2.24) is 5.32 Å². The summed E-state index contributed by atoms with van der Waals surface area (Å²) in [4.78, 5) is 37.1. The molecule has 1 heterocycles. The highest BCUT2D eigenvalue weighted by atomic mass is 16.2. The van der Waals surface area contributed by atoms with E-state index in [1.165, 1.54) is 6.92 Å². The molecule has 3 amide bonds. The molecule has 0 saturated carbocycles. The number of hydrogen-bond acceptors (Lipinski definition) is 3. The number of amides is 3. The summed E-state index contributed by atoms with van der Waals surface area (Å²) in [5, 5.41) is 2.49. The fraction of sp³-hybridized carbons (Fsp3) is 0.267. The van der Waals surface area contributed by atoms with Crippen LogP contribution in [0.4, 0.5) is 5.69 Å². The molecule has 20 heavy (non-hydrogen) atoms. The molecule has 1 aliphatic rings. The third-order valence-corrected chi connectivity index (χ3v) is 3.00. The number of carbonyl (C=O) groups excluding carboxylic acids is 3. The van der Waals surface area contributed by atoms with Gasteiger partial charge >= 0.3 is 0 Å².